The van der Waals surface area contributed by atoms with Crippen molar-refractivity contribution in [2.24, 2.45) is 5.92 Å². The average molecular weight is 372 g/mol. The minimum absolute atomic E-state index is 0.115. The lowest BCUT2D eigenvalue weighted by Gasteiger charge is -2.28. The van der Waals surface area contributed by atoms with Crippen LogP contribution in [0.3, 0.4) is 0 Å². The normalized spacial score (nSPS) is 21.2. The maximum atomic E-state index is 13.2. The van der Waals surface area contributed by atoms with Gasteiger partial charge in [-0.3, -0.25) is 0 Å². The van der Waals surface area contributed by atoms with Gasteiger partial charge in [0.25, 0.3) is 0 Å². The van der Waals surface area contributed by atoms with Gasteiger partial charge in [-0.1, -0.05) is 45.0 Å². The van der Waals surface area contributed by atoms with E-state index in [4.69, 9.17) is 0 Å². The monoisotopic (exact) mass is 372 g/mol. The first-order chi connectivity index (χ1) is 12.8. The van der Waals surface area contributed by atoms with E-state index in [1.165, 1.54) is 23.1 Å². The molecule has 0 saturated heterocycles. The lowest BCUT2D eigenvalue weighted by molar-refractivity contribution is -0.286. The average Bonchev–Trinajstić information content (AvgIpc) is 2.93. The van der Waals surface area contributed by atoms with Gasteiger partial charge in [-0.05, 0) is 77.8 Å². The summed E-state index contributed by atoms with van der Waals surface area (Å²) >= 11 is 0. The van der Waals surface area contributed by atoms with Gasteiger partial charge in [0.15, 0.2) is 11.5 Å². The molecule has 0 bridgehead atoms. The summed E-state index contributed by atoms with van der Waals surface area (Å²) in [6.07, 6.45) is 0.898. The SMILES string of the molecule is CC(C)c1ccc2c(c1)CC(CC(C)c1ccc3c(c1)OC(F)(F)O3)CC2. The van der Waals surface area contributed by atoms with Crippen molar-refractivity contribution in [3.63, 3.8) is 0 Å². The fourth-order valence-corrected chi connectivity index (χ4v) is 4.32. The number of rotatable bonds is 4. The molecule has 2 unspecified atom stereocenters. The van der Waals surface area contributed by atoms with Gasteiger partial charge in [-0.25, -0.2) is 0 Å². The molecule has 0 aromatic heterocycles. The van der Waals surface area contributed by atoms with E-state index in [2.05, 4.69) is 48.4 Å². The lowest BCUT2D eigenvalue weighted by Crippen LogP contribution is -2.25. The molecule has 0 spiro atoms. The molecule has 4 heteroatoms. The van der Waals surface area contributed by atoms with Crippen molar-refractivity contribution in [3.8, 4) is 11.5 Å². The highest BCUT2D eigenvalue weighted by Crippen LogP contribution is 2.43. The highest BCUT2D eigenvalue weighted by atomic mass is 19.3. The van der Waals surface area contributed by atoms with Crippen molar-refractivity contribution in [3.05, 3.63) is 58.7 Å². The summed E-state index contributed by atoms with van der Waals surface area (Å²) in [5, 5.41) is 0. The Balaban J connectivity index is 1.45. The number of hydrogen-bond acceptors (Lipinski definition) is 2. The van der Waals surface area contributed by atoms with E-state index in [1.54, 1.807) is 12.1 Å². The van der Waals surface area contributed by atoms with E-state index in [0.717, 1.165) is 24.8 Å². The molecule has 2 aliphatic rings. The quantitative estimate of drug-likeness (QED) is 0.616. The smallest absolute Gasteiger partial charge is 0.395 e. The molecule has 1 aliphatic carbocycles. The predicted octanol–water partition coefficient (Wildman–Crippen LogP) is 6.43. The zero-order valence-corrected chi connectivity index (χ0v) is 16.1. The number of hydrogen-bond donors (Lipinski definition) is 0. The summed E-state index contributed by atoms with van der Waals surface area (Å²) < 4.78 is 35.6. The van der Waals surface area contributed by atoms with Crippen molar-refractivity contribution in [1.29, 1.82) is 0 Å². The first-order valence-corrected chi connectivity index (χ1v) is 9.82. The molecule has 144 valence electrons. The number of benzene rings is 2. The fraction of sp³-hybridized carbons (Fsp3) is 0.478. The van der Waals surface area contributed by atoms with Crippen molar-refractivity contribution < 1.29 is 18.3 Å². The molecule has 0 saturated carbocycles. The Labute approximate surface area is 159 Å². The number of aryl methyl sites for hydroxylation is 1. The van der Waals surface area contributed by atoms with Gasteiger partial charge in [0, 0.05) is 0 Å². The molecule has 0 radical (unpaired) electrons. The third-order valence-electron chi connectivity index (χ3n) is 5.91. The van der Waals surface area contributed by atoms with E-state index >= 15 is 0 Å². The van der Waals surface area contributed by atoms with Crippen LogP contribution in [0, 0.1) is 5.92 Å². The van der Waals surface area contributed by atoms with Gasteiger partial charge in [0.1, 0.15) is 0 Å². The second-order valence-corrected chi connectivity index (χ2v) is 8.30. The molecule has 1 aliphatic heterocycles. The molecule has 0 amide bonds. The third-order valence-corrected chi connectivity index (χ3v) is 5.91. The molecule has 0 fully saturated rings. The van der Waals surface area contributed by atoms with Crippen molar-refractivity contribution in [2.75, 3.05) is 0 Å². The molecule has 2 nitrogen and oxygen atoms in total. The standard InChI is InChI=1S/C23H26F2O2/c1-14(2)18-7-6-17-5-4-16(11-20(17)12-18)10-15(3)19-8-9-21-22(13-19)27-23(24,25)26-21/h6-9,12-16H,4-5,10-11H2,1-3H3. The molecule has 1 heterocycles. The Kier molecular flexibility index (Phi) is 4.61. The summed E-state index contributed by atoms with van der Waals surface area (Å²) in [5.41, 5.74) is 5.39. The summed E-state index contributed by atoms with van der Waals surface area (Å²) in [7, 11) is 0. The van der Waals surface area contributed by atoms with Gasteiger partial charge < -0.3 is 9.47 Å². The zero-order valence-electron chi connectivity index (χ0n) is 16.1. The molecule has 0 N–H and O–H groups in total. The summed E-state index contributed by atoms with van der Waals surface area (Å²) in [6, 6.07) is 12.1. The van der Waals surface area contributed by atoms with Gasteiger partial charge >= 0.3 is 6.29 Å². The van der Waals surface area contributed by atoms with Gasteiger partial charge in [-0.2, -0.15) is 0 Å². The van der Waals surface area contributed by atoms with Crippen molar-refractivity contribution >= 4 is 0 Å². The number of halogens is 2. The van der Waals surface area contributed by atoms with E-state index in [-0.39, 0.29) is 17.4 Å². The molecule has 27 heavy (non-hydrogen) atoms. The van der Waals surface area contributed by atoms with Crippen LogP contribution < -0.4 is 9.47 Å². The molecule has 2 atom stereocenters. The van der Waals surface area contributed by atoms with E-state index in [9.17, 15) is 8.78 Å². The zero-order chi connectivity index (χ0) is 19.2. The van der Waals surface area contributed by atoms with Gasteiger partial charge in [0.2, 0.25) is 0 Å². The van der Waals surface area contributed by atoms with E-state index in [0.29, 0.717) is 11.8 Å². The highest BCUT2D eigenvalue weighted by molar-refractivity contribution is 5.46. The van der Waals surface area contributed by atoms with Crippen LogP contribution >= 0.6 is 0 Å². The number of fused-ring (bicyclic) bond motifs is 2. The largest absolute Gasteiger partial charge is 0.586 e. The van der Waals surface area contributed by atoms with Crippen molar-refractivity contribution in [1.82, 2.24) is 0 Å². The van der Waals surface area contributed by atoms with E-state index < -0.39 is 6.29 Å². The minimum Gasteiger partial charge on any atom is -0.395 e. The summed E-state index contributed by atoms with van der Waals surface area (Å²) in [4.78, 5) is 0. The summed E-state index contributed by atoms with van der Waals surface area (Å²) in [6.45, 7) is 6.62. The fourth-order valence-electron chi connectivity index (χ4n) is 4.32. The Bertz CT molecular complexity index is 844. The van der Waals surface area contributed by atoms with Crippen LogP contribution in [0.5, 0.6) is 11.5 Å². The van der Waals surface area contributed by atoms with Crippen LogP contribution in [0.1, 0.15) is 67.7 Å². The lowest BCUT2D eigenvalue weighted by atomic mass is 9.77. The molecule has 2 aromatic carbocycles. The minimum atomic E-state index is -3.55. The van der Waals surface area contributed by atoms with Crippen LogP contribution in [0.2, 0.25) is 0 Å². The maximum absolute atomic E-state index is 13.2. The predicted molar refractivity (Wildman–Crippen MR) is 102 cm³/mol. The molecule has 2 aromatic rings. The van der Waals surface area contributed by atoms with Crippen LogP contribution in [0.4, 0.5) is 8.78 Å². The number of alkyl halides is 2. The molecular formula is C23H26F2O2. The van der Waals surface area contributed by atoms with E-state index in [1.807, 2.05) is 6.07 Å². The Hall–Kier alpha value is -2.10. The maximum Gasteiger partial charge on any atom is 0.586 e. The van der Waals surface area contributed by atoms with Crippen LogP contribution in [-0.2, 0) is 12.8 Å². The Morgan fingerprint density at radius 3 is 2.48 bits per heavy atom. The first kappa shape index (κ1) is 18.3. The number of ether oxygens (including phenoxy) is 2. The Morgan fingerprint density at radius 2 is 1.70 bits per heavy atom. The summed E-state index contributed by atoms with van der Waals surface area (Å²) in [5.74, 6) is 1.69. The molecular weight excluding hydrogens is 346 g/mol. The first-order valence-electron chi connectivity index (χ1n) is 9.82. The van der Waals surface area contributed by atoms with Crippen LogP contribution in [-0.4, -0.2) is 6.29 Å². The topological polar surface area (TPSA) is 18.5 Å². The van der Waals surface area contributed by atoms with Crippen LogP contribution in [0.15, 0.2) is 36.4 Å². The van der Waals surface area contributed by atoms with Crippen LogP contribution in [0.25, 0.3) is 0 Å². The Morgan fingerprint density at radius 1 is 0.963 bits per heavy atom. The molecule has 4 rings (SSSR count). The van der Waals surface area contributed by atoms with Gasteiger partial charge in [-0.15, -0.1) is 8.78 Å². The second kappa shape index (κ2) is 6.81. The second-order valence-electron chi connectivity index (χ2n) is 8.30. The van der Waals surface area contributed by atoms with Gasteiger partial charge in [0.05, 0.1) is 0 Å². The van der Waals surface area contributed by atoms with Crippen molar-refractivity contribution in [2.45, 2.75) is 64.6 Å². The highest BCUT2D eigenvalue weighted by Gasteiger charge is 2.43. The third kappa shape index (κ3) is 3.80.